The minimum atomic E-state index is 0.0352. The number of likely N-dealkylation sites (tertiary alicyclic amines) is 2. The molecule has 2 heterocycles. The van der Waals surface area contributed by atoms with E-state index in [9.17, 15) is 4.79 Å². The van der Waals surface area contributed by atoms with Gasteiger partial charge >= 0.3 is 0 Å². The molecule has 150 valence electrons. The van der Waals surface area contributed by atoms with Gasteiger partial charge in [0.05, 0.1) is 6.04 Å². The van der Waals surface area contributed by atoms with Crippen LogP contribution in [-0.2, 0) is 17.9 Å². The standard InChI is InChI=1S/C23H37N3O/c1-18(2)26-15-9-7-13-22(26)23(27)24-16-20-11-4-5-12-21(20)17-25-14-8-6-10-19(25)3/h4-5,11-12,18-19,22H,6-10,13-17H2,1-3H3,(H,24,27). The van der Waals surface area contributed by atoms with Crippen LogP contribution in [0.2, 0.25) is 0 Å². The molecular weight excluding hydrogens is 334 g/mol. The van der Waals surface area contributed by atoms with Gasteiger partial charge in [0.15, 0.2) is 0 Å². The van der Waals surface area contributed by atoms with Crippen molar-refractivity contribution in [2.45, 2.75) is 90.5 Å². The second kappa shape index (κ2) is 9.70. The number of carbonyl (C=O) groups excluding carboxylic acids is 1. The van der Waals surface area contributed by atoms with E-state index in [0.29, 0.717) is 18.6 Å². The molecule has 0 saturated carbocycles. The van der Waals surface area contributed by atoms with E-state index >= 15 is 0 Å². The average molecular weight is 372 g/mol. The van der Waals surface area contributed by atoms with Crippen LogP contribution in [0.3, 0.4) is 0 Å². The van der Waals surface area contributed by atoms with Gasteiger partial charge < -0.3 is 5.32 Å². The Hall–Kier alpha value is -1.39. The minimum Gasteiger partial charge on any atom is -0.351 e. The predicted octanol–water partition coefficient (Wildman–Crippen LogP) is 3.94. The van der Waals surface area contributed by atoms with Crippen molar-refractivity contribution in [3.8, 4) is 0 Å². The van der Waals surface area contributed by atoms with Gasteiger partial charge in [0, 0.05) is 25.2 Å². The third-order valence-electron chi connectivity index (χ3n) is 6.40. The van der Waals surface area contributed by atoms with Gasteiger partial charge in [0.25, 0.3) is 0 Å². The summed E-state index contributed by atoms with van der Waals surface area (Å²) in [5, 5.41) is 3.24. The first-order valence-electron chi connectivity index (χ1n) is 10.9. The first-order valence-corrected chi connectivity index (χ1v) is 10.9. The zero-order chi connectivity index (χ0) is 19.2. The van der Waals surface area contributed by atoms with E-state index < -0.39 is 0 Å². The van der Waals surface area contributed by atoms with Gasteiger partial charge in [0.2, 0.25) is 5.91 Å². The molecule has 0 aliphatic carbocycles. The molecule has 2 aliphatic heterocycles. The first kappa shape index (κ1) is 20.3. The highest BCUT2D eigenvalue weighted by molar-refractivity contribution is 5.81. The SMILES string of the molecule is CC1CCCCN1Cc1ccccc1CNC(=O)C1CCCCN1C(C)C. The van der Waals surface area contributed by atoms with Crippen LogP contribution in [0.5, 0.6) is 0 Å². The molecule has 1 amide bonds. The number of piperidine rings is 2. The lowest BCUT2D eigenvalue weighted by Gasteiger charge is -2.37. The summed E-state index contributed by atoms with van der Waals surface area (Å²) >= 11 is 0. The molecule has 1 aromatic carbocycles. The molecule has 4 nitrogen and oxygen atoms in total. The molecule has 4 heteroatoms. The van der Waals surface area contributed by atoms with E-state index in [4.69, 9.17) is 0 Å². The molecule has 0 spiro atoms. The van der Waals surface area contributed by atoms with Crippen molar-refractivity contribution >= 4 is 5.91 Å². The average Bonchev–Trinajstić information content (AvgIpc) is 2.68. The molecule has 2 saturated heterocycles. The maximum absolute atomic E-state index is 12.9. The van der Waals surface area contributed by atoms with Gasteiger partial charge in [-0.3, -0.25) is 14.6 Å². The number of amides is 1. The van der Waals surface area contributed by atoms with Crippen molar-refractivity contribution in [3.05, 3.63) is 35.4 Å². The van der Waals surface area contributed by atoms with E-state index in [0.717, 1.165) is 25.9 Å². The quantitative estimate of drug-likeness (QED) is 0.823. The van der Waals surface area contributed by atoms with Crippen LogP contribution in [0.4, 0.5) is 0 Å². The largest absolute Gasteiger partial charge is 0.351 e. The summed E-state index contributed by atoms with van der Waals surface area (Å²) in [7, 11) is 0. The highest BCUT2D eigenvalue weighted by atomic mass is 16.2. The molecule has 2 fully saturated rings. The number of rotatable bonds is 6. The molecule has 1 aromatic rings. The highest BCUT2D eigenvalue weighted by Gasteiger charge is 2.30. The Bertz CT molecular complexity index is 615. The minimum absolute atomic E-state index is 0.0352. The number of nitrogens with zero attached hydrogens (tertiary/aromatic N) is 2. The summed E-state index contributed by atoms with van der Waals surface area (Å²) in [6.45, 7) is 10.6. The van der Waals surface area contributed by atoms with Gasteiger partial charge in [-0.1, -0.05) is 37.1 Å². The van der Waals surface area contributed by atoms with E-state index in [1.165, 1.54) is 43.4 Å². The Morgan fingerprint density at radius 1 is 1.07 bits per heavy atom. The van der Waals surface area contributed by atoms with Gasteiger partial charge in [-0.15, -0.1) is 0 Å². The Morgan fingerprint density at radius 3 is 2.52 bits per heavy atom. The fourth-order valence-corrected chi connectivity index (χ4v) is 4.65. The van der Waals surface area contributed by atoms with Crippen LogP contribution in [0.1, 0.15) is 70.4 Å². The first-order chi connectivity index (χ1) is 13.1. The van der Waals surface area contributed by atoms with Crippen LogP contribution < -0.4 is 5.32 Å². The summed E-state index contributed by atoms with van der Waals surface area (Å²) in [6, 6.07) is 9.72. The number of benzene rings is 1. The molecule has 1 N–H and O–H groups in total. The summed E-state index contributed by atoms with van der Waals surface area (Å²) in [5.41, 5.74) is 2.62. The molecule has 0 bridgehead atoms. The van der Waals surface area contributed by atoms with Crippen LogP contribution in [0.15, 0.2) is 24.3 Å². The van der Waals surface area contributed by atoms with Crippen molar-refractivity contribution in [2.75, 3.05) is 13.1 Å². The second-order valence-corrected chi connectivity index (χ2v) is 8.64. The maximum atomic E-state index is 12.9. The molecule has 2 aliphatic rings. The molecule has 3 rings (SSSR count). The van der Waals surface area contributed by atoms with Crippen LogP contribution in [-0.4, -0.2) is 46.9 Å². The van der Waals surface area contributed by atoms with Gasteiger partial charge in [-0.25, -0.2) is 0 Å². The Balaban J connectivity index is 1.61. The summed E-state index contributed by atoms with van der Waals surface area (Å²) in [6.07, 6.45) is 7.30. The Morgan fingerprint density at radius 2 is 1.78 bits per heavy atom. The lowest BCUT2D eigenvalue weighted by molar-refractivity contribution is -0.128. The van der Waals surface area contributed by atoms with Crippen LogP contribution in [0, 0.1) is 0 Å². The molecule has 27 heavy (non-hydrogen) atoms. The summed E-state index contributed by atoms with van der Waals surface area (Å²) < 4.78 is 0. The fourth-order valence-electron chi connectivity index (χ4n) is 4.65. The molecule has 0 radical (unpaired) electrons. The number of nitrogens with one attached hydrogen (secondary N) is 1. The number of hydrogen-bond donors (Lipinski definition) is 1. The van der Waals surface area contributed by atoms with Crippen molar-refractivity contribution in [2.24, 2.45) is 0 Å². The normalized spacial score (nSPS) is 24.9. The van der Waals surface area contributed by atoms with E-state index in [-0.39, 0.29) is 11.9 Å². The van der Waals surface area contributed by atoms with Crippen molar-refractivity contribution < 1.29 is 4.79 Å². The van der Waals surface area contributed by atoms with E-state index in [1.54, 1.807) is 0 Å². The Kier molecular flexibility index (Phi) is 7.31. The third kappa shape index (κ3) is 5.32. The lowest BCUT2D eigenvalue weighted by atomic mass is 9.99. The highest BCUT2D eigenvalue weighted by Crippen LogP contribution is 2.22. The molecular formula is C23H37N3O. The van der Waals surface area contributed by atoms with Crippen LogP contribution in [0.25, 0.3) is 0 Å². The number of carbonyl (C=O) groups is 1. The van der Waals surface area contributed by atoms with Gasteiger partial charge in [-0.05, 0) is 70.7 Å². The van der Waals surface area contributed by atoms with E-state index in [1.807, 2.05) is 0 Å². The van der Waals surface area contributed by atoms with Crippen molar-refractivity contribution in [1.82, 2.24) is 15.1 Å². The molecule has 0 aromatic heterocycles. The van der Waals surface area contributed by atoms with Crippen LogP contribution >= 0.6 is 0 Å². The smallest absolute Gasteiger partial charge is 0.237 e. The van der Waals surface area contributed by atoms with E-state index in [2.05, 4.69) is 60.2 Å². The Labute approximate surface area is 165 Å². The van der Waals surface area contributed by atoms with Gasteiger partial charge in [-0.2, -0.15) is 0 Å². The van der Waals surface area contributed by atoms with Crippen molar-refractivity contribution in [1.29, 1.82) is 0 Å². The van der Waals surface area contributed by atoms with Gasteiger partial charge in [0.1, 0.15) is 0 Å². The zero-order valence-electron chi connectivity index (χ0n) is 17.4. The summed E-state index contributed by atoms with van der Waals surface area (Å²) in [5.74, 6) is 0.199. The molecule has 2 atom stereocenters. The zero-order valence-corrected chi connectivity index (χ0v) is 17.4. The monoisotopic (exact) mass is 371 g/mol. The third-order valence-corrected chi connectivity index (χ3v) is 6.40. The number of hydrogen-bond acceptors (Lipinski definition) is 3. The fraction of sp³-hybridized carbons (Fsp3) is 0.696. The topological polar surface area (TPSA) is 35.6 Å². The predicted molar refractivity (Wildman–Crippen MR) is 111 cm³/mol. The summed E-state index contributed by atoms with van der Waals surface area (Å²) in [4.78, 5) is 17.8. The second-order valence-electron chi connectivity index (χ2n) is 8.64. The van der Waals surface area contributed by atoms with Crippen molar-refractivity contribution in [3.63, 3.8) is 0 Å². The molecule has 2 unspecified atom stereocenters. The maximum Gasteiger partial charge on any atom is 0.237 e. The lowest BCUT2D eigenvalue weighted by Crippen LogP contribution is -2.51.